The minimum Gasteiger partial charge on any atom is -0.454 e. The van der Waals surface area contributed by atoms with Crippen LogP contribution in [0.15, 0.2) is 42.5 Å². The number of aliphatic hydroxyl groups excluding tert-OH is 1. The van der Waals surface area contributed by atoms with E-state index in [-0.39, 0.29) is 31.0 Å². The first-order chi connectivity index (χ1) is 15.5. The third-order valence-electron chi connectivity index (χ3n) is 5.62. The first-order valence-corrected chi connectivity index (χ1v) is 10.5. The van der Waals surface area contributed by atoms with E-state index >= 15 is 0 Å². The molecule has 0 aromatic heterocycles. The van der Waals surface area contributed by atoms with Crippen LogP contribution in [0.5, 0.6) is 11.5 Å². The zero-order valence-corrected chi connectivity index (χ0v) is 17.4. The molecule has 2 aromatic carbocycles. The summed E-state index contributed by atoms with van der Waals surface area (Å²) in [6.45, 7) is 0.262. The highest BCUT2D eigenvalue weighted by atomic mass is 19.1. The Hall–Kier alpha value is -3.17. The number of carbonyl (C=O) groups is 2. The van der Waals surface area contributed by atoms with Crippen molar-refractivity contribution in [3.8, 4) is 11.5 Å². The van der Waals surface area contributed by atoms with E-state index in [1.807, 2.05) is 0 Å². The first-order valence-electron chi connectivity index (χ1n) is 10.5. The minimum absolute atomic E-state index is 0.0439. The zero-order valence-electron chi connectivity index (χ0n) is 17.4. The Kier molecular flexibility index (Phi) is 6.87. The largest absolute Gasteiger partial charge is 0.454 e. The van der Waals surface area contributed by atoms with Gasteiger partial charge in [-0.3, -0.25) is 9.59 Å². The van der Waals surface area contributed by atoms with Gasteiger partial charge in [0.2, 0.25) is 6.79 Å². The lowest BCUT2D eigenvalue weighted by Crippen LogP contribution is -2.51. The molecule has 8 nitrogen and oxygen atoms in total. The van der Waals surface area contributed by atoms with Crippen LogP contribution in [0, 0.1) is 5.82 Å². The van der Waals surface area contributed by atoms with Crippen molar-refractivity contribution in [3.05, 3.63) is 59.4 Å². The molecule has 2 amide bonds. The lowest BCUT2D eigenvalue weighted by Gasteiger charge is -2.36. The maximum Gasteiger partial charge on any atom is 0.254 e. The average Bonchev–Trinajstić information content (AvgIpc) is 3.28. The number of hydrogen-bond acceptors (Lipinski definition) is 6. The summed E-state index contributed by atoms with van der Waals surface area (Å²) in [5.74, 6) is -0.206. The second kappa shape index (κ2) is 9.97. The molecule has 32 heavy (non-hydrogen) atoms. The van der Waals surface area contributed by atoms with Crippen LogP contribution in [0.1, 0.15) is 40.0 Å². The summed E-state index contributed by atoms with van der Waals surface area (Å²) >= 11 is 0. The highest BCUT2D eigenvalue weighted by molar-refractivity contribution is 5.95. The summed E-state index contributed by atoms with van der Waals surface area (Å²) in [6, 6.07) is 10.3. The summed E-state index contributed by atoms with van der Waals surface area (Å²) in [5.41, 5.74) is 0.431. The Labute approximate surface area is 184 Å². The second-order valence-electron chi connectivity index (χ2n) is 7.73. The number of hydrogen-bond donors (Lipinski definition) is 3. The molecule has 0 aliphatic carbocycles. The maximum atomic E-state index is 13.8. The quantitative estimate of drug-likeness (QED) is 0.603. The van der Waals surface area contributed by atoms with Gasteiger partial charge >= 0.3 is 0 Å². The summed E-state index contributed by atoms with van der Waals surface area (Å²) in [5, 5.41) is 15.3. The molecular weight excluding hydrogens is 419 g/mol. The lowest BCUT2D eigenvalue weighted by molar-refractivity contribution is -0.0893. The molecule has 1 saturated heterocycles. The molecule has 0 unspecified atom stereocenters. The van der Waals surface area contributed by atoms with Crippen molar-refractivity contribution in [2.45, 2.75) is 37.5 Å². The van der Waals surface area contributed by atoms with E-state index in [4.69, 9.17) is 14.2 Å². The highest BCUT2D eigenvalue weighted by Gasteiger charge is 2.32. The number of ether oxygens (including phenoxy) is 3. The van der Waals surface area contributed by atoms with E-state index in [9.17, 15) is 19.1 Å². The van der Waals surface area contributed by atoms with Gasteiger partial charge in [0, 0.05) is 12.1 Å². The van der Waals surface area contributed by atoms with Gasteiger partial charge in [-0.15, -0.1) is 0 Å². The van der Waals surface area contributed by atoms with Gasteiger partial charge in [-0.1, -0.05) is 12.1 Å². The smallest absolute Gasteiger partial charge is 0.254 e. The third-order valence-corrected chi connectivity index (χ3v) is 5.62. The van der Waals surface area contributed by atoms with E-state index in [0.717, 1.165) is 0 Å². The molecule has 2 aliphatic rings. The summed E-state index contributed by atoms with van der Waals surface area (Å²) in [7, 11) is 0. The van der Waals surface area contributed by atoms with Crippen molar-refractivity contribution in [2.24, 2.45) is 0 Å². The average molecular weight is 444 g/mol. The maximum absolute atomic E-state index is 13.8. The number of rotatable bonds is 7. The fourth-order valence-corrected chi connectivity index (χ4v) is 3.89. The molecular formula is C23H25FN2O6. The van der Waals surface area contributed by atoms with Crippen molar-refractivity contribution in [1.29, 1.82) is 0 Å². The van der Waals surface area contributed by atoms with Gasteiger partial charge in [-0.25, -0.2) is 4.39 Å². The molecule has 0 radical (unpaired) electrons. The van der Waals surface area contributed by atoms with Crippen molar-refractivity contribution in [2.75, 3.05) is 19.9 Å². The van der Waals surface area contributed by atoms with Crippen molar-refractivity contribution in [3.63, 3.8) is 0 Å². The Morgan fingerprint density at radius 3 is 2.69 bits per heavy atom. The van der Waals surface area contributed by atoms with Gasteiger partial charge in [0.05, 0.1) is 24.3 Å². The summed E-state index contributed by atoms with van der Waals surface area (Å²) in [4.78, 5) is 24.8. The second-order valence-corrected chi connectivity index (χ2v) is 7.73. The summed E-state index contributed by atoms with van der Waals surface area (Å²) in [6.07, 6.45) is 0.992. The number of benzene rings is 2. The first kappa shape index (κ1) is 22.0. The zero-order chi connectivity index (χ0) is 22.5. The number of aliphatic hydroxyl groups is 1. The monoisotopic (exact) mass is 444 g/mol. The molecule has 170 valence electrons. The Morgan fingerprint density at radius 1 is 1.06 bits per heavy atom. The molecule has 3 N–H and O–H groups in total. The van der Waals surface area contributed by atoms with E-state index in [1.165, 1.54) is 18.2 Å². The molecule has 9 heteroatoms. The number of amides is 2. The van der Waals surface area contributed by atoms with Gasteiger partial charge in [0.1, 0.15) is 11.9 Å². The van der Waals surface area contributed by atoms with Crippen molar-refractivity contribution < 1.29 is 33.3 Å². The number of carbonyl (C=O) groups excluding carboxylic acids is 2. The highest BCUT2D eigenvalue weighted by Crippen LogP contribution is 2.32. The number of halogens is 1. The van der Waals surface area contributed by atoms with E-state index in [0.29, 0.717) is 42.9 Å². The lowest BCUT2D eigenvalue weighted by atomic mass is 9.96. The van der Waals surface area contributed by atoms with Crippen LogP contribution in [0.3, 0.4) is 0 Å². The van der Waals surface area contributed by atoms with Gasteiger partial charge in [0.25, 0.3) is 11.8 Å². The molecule has 2 heterocycles. The molecule has 3 atom stereocenters. The Morgan fingerprint density at radius 2 is 1.88 bits per heavy atom. The van der Waals surface area contributed by atoms with Crippen molar-refractivity contribution >= 4 is 11.8 Å². The fraction of sp³-hybridized carbons (Fsp3) is 0.391. The van der Waals surface area contributed by atoms with Gasteiger partial charge in [-0.2, -0.15) is 0 Å². The normalized spacial score (nSPS) is 21.8. The van der Waals surface area contributed by atoms with Crippen LogP contribution in [0.25, 0.3) is 0 Å². The number of fused-ring (bicyclic) bond motifs is 1. The Balaban J connectivity index is 1.25. The van der Waals surface area contributed by atoms with E-state index in [1.54, 1.807) is 24.3 Å². The van der Waals surface area contributed by atoms with Gasteiger partial charge < -0.3 is 30.0 Å². The molecule has 0 saturated carbocycles. The molecule has 0 bridgehead atoms. The molecule has 2 aliphatic heterocycles. The molecule has 1 fully saturated rings. The van der Waals surface area contributed by atoms with Crippen LogP contribution in [-0.2, 0) is 4.74 Å². The Bertz CT molecular complexity index is 985. The minimum atomic E-state index is -0.603. The fourth-order valence-electron chi connectivity index (χ4n) is 3.89. The predicted molar refractivity (Wildman–Crippen MR) is 112 cm³/mol. The SMILES string of the molecule is O=C(NCC[C@@H]1CC[C@H](NC(=O)c2ccccc2F)[C@@H](CO)O1)c1ccc2c(c1)OCO2. The van der Waals surface area contributed by atoms with E-state index < -0.39 is 23.9 Å². The van der Waals surface area contributed by atoms with Crippen LogP contribution in [0.2, 0.25) is 0 Å². The molecule has 4 rings (SSSR count). The van der Waals surface area contributed by atoms with Crippen molar-refractivity contribution in [1.82, 2.24) is 10.6 Å². The van der Waals surface area contributed by atoms with Gasteiger partial charge in [0.15, 0.2) is 11.5 Å². The standard InChI is InChI=1S/C23H25FN2O6/c24-17-4-2-1-3-16(17)23(29)26-18-7-6-15(32-21(18)12-27)9-10-25-22(28)14-5-8-19-20(11-14)31-13-30-19/h1-5,8,11,15,18,21,27H,6-7,9-10,12-13H2,(H,25,28)(H,26,29)/t15-,18-,21+/m0/s1. The van der Waals surface area contributed by atoms with Crippen LogP contribution in [-0.4, -0.2) is 55.1 Å². The number of nitrogens with one attached hydrogen (secondary N) is 2. The van der Waals surface area contributed by atoms with Crippen LogP contribution in [0.4, 0.5) is 4.39 Å². The third kappa shape index (κ3) is 5.00. The topological polar surface area (TPSA) is 106 Å². The van der Waals surface area contributed by atoms with Crippen LogP contribution >= 0.6 is 0 Å². The summed E-state index contributed by atoms with van der Waals surface area (Å²) < 4.78 is 30.3. The molecule has 2 aromatic rings. The van der Waals surface area contributed by atoms with E-state index in [2.05, 4.69) is 10.6 Å². The predicted octanol–water partition coefficient (Wildman–Crippen LogP) is 2.01. The molecule has 0 spiro atoms. The van der Waals surface area contributed by atoms with Gasteiger partial charge in [-0.05, 0) is 49.6 Å². The van der Waals surface area contributed by atoms with Crippen LogP contribution < -0.4 is 20.1 Å².